The van der Waals surface area contributed by atoms with Crippen LogP contribution in [0.5, 0.6) is 0 Å². The van der Waals surface area contributed by atoms with E-state index in [0.29, 0.717) is 0 Å². The summed E-state index contributed by atoms with van der Waals surface area (Å²) in [5.74, 6) is -20.6. The highest BCUT2D eigenvalue weighted by atomic mass is 16.8. The molecule has 0 aliphatic carbocycles. The highest BCUT2D eigenvalue weighted by Crippen LogP contribution is 2.46. The van der Waals surface area contributed by atoms with E-state index in [1.165, 1.54) is 0 Å². The van der Waals surface area contributed by atoms with Crippen molar-refractivity contribution < 1.29 is 174 Å². The maximum Gasteiger partial charge on any atom is 0.222 e. The van der Waals surface area contributed by atoms with Crippen LogP contribution >= 0.6 is 0 Å². The van der Waals surface area contributed by atoms with Crippen molar-refractivity contribution in [3.8, 4) is 0 Å². The molecule has 8 heterocycles. The molecule has 448 valence electrons. The van der Waals surface area contributed by atoms with Crippen LogP contribution in [-0.2, 0) is 66.3 Å². The van der Waals surface area contributed by atoms with E-state index in [4.69, 9.17) is 66.3 Å². The monoisotopic (exact) mass is 1130 g/mol. The molecule has 8 aliphatic heterocycles. The maximum atomic E-state index is 11.7. The van der Waals surface area contributed by atoms with Gasteiger partial charge in [0.2, 0.25) is 40.5 Å². The molecule has 0 unspecified atom stereocenters. The second kappa shape index (κ2) is 23.3. The van der Waals surface area contributed by atoms with Crippen LogP contribution < -0.4 is 0 Å². The maximum absolute atomic E-state index is 11.7. The number of hydrogen-bond acceptors (Lipinski definition) is 35. The van der Waals surface area contributed by atoms with Crippen molar-refractivity contribution in [1.82, 2.24) is 0 Å². The molecular weight excluding hydrogens is 1060 g/mol. The van der Waals surface area contributed by atoms with Crippen LogP contribution in [0.2, 0.25) is 0 Å². The van der Waals surface area contributed by atoms with Crippen LogP contribution in [0, 0.1) is 0 Å². The first-order chi connectivity index (χ1) is 36.4. The molecule has 8 aliphatic rings. The van der Waals surface area contributed by atoms with Gasteiger partial charge in [-0.25, -0.2) is 0 Å². The fourth-order valence-corrected chi connectivity index (χ4v) is 10.6. The fourth-order valence-electron chi connectivity index (χ4n) is 10.6. The summed E-state index contributed by atoms with van der Waals surface area (Å²) >= 11 is 0. The summed E-state index contributed by atoms with van der Waals surface area (Å²) in [6, 6.07) is 0. The van der Waals surface area contributed by atoms with Crippen LogP contribution in [-0.4, -0.2) is 368 Å². The molecule has 35 nitrogen and oxygen atoms in total. The van der Waals surface area contributed by atoms with E-state index in [1.807, 2.05) is 0 Å². The van der Waals surface area contributed by atoms with Crippen molar-refractivity contribution in [2.45, 2.75) is 169 Å². The Hall–Kier alpha value is -1.40. The van der Waals surface area contributed by atoms with Gasteiger partial charge in [-0.3, -0.25) is 0 Å². The first kappa shape index (κ1) is 61.7. The minimum Gasteiger partial charge on any atom is -0.394 e. The Bertz CT molecular complexity index is 1540. The molecule has 0 aromatic heterocycles. The van der Waals surface area contributed by atoms with E-state index in [-0.39, 0.29) is 0 Å². The van der Waals surface area contributed by atoms with E-state index >= 15 is 0 Å². The van der Waals surface area contributed by atoms with Crippen molar-refractivity contribution in [1.29, 1.82) is 0 Å². The lowest BCUT2D eigenvalue weighted by Gasteiger charge is -2.42. The minimum absolute atomic E-state index is 1.07. The van der Waals surface area contributed by atoms with E-state index < -0.39 is 261 Å². The van der Waals surface area contributed by atoms with Gasteiger partial charge in [0.1, 0.15) is 174 Å². The lowest BCUT2D eigenvalue weighted by atomic mass is 10.0. The average molecular weight is 1130 g/mol. The summed E-state index contributed by atoms with van der Waals surface area (Å²) in [4.78, 5) is 0. The van der Waals surface area contributed by atoms with Gasteiger partial charge >= 0.3 is 0 Å². The molecule has 8 rings (SSSR count). The quantitative estimate of drug-likeness (QED) is 0.113. The number of aliphatic hydroxyl groups excluding tert-OH is 21. The lowest BCUT2D eigenvalue weighted by Crippen LogP contribution is -2.61. The fraction of sp³-hybridized carbons (Fsp3) is 1.00. The molecule has 8 saturated heterocycles. The third-order valence-corrected chi connectivity index (χ3v) is 15.4. The van der Waals surface area contributed by atoms with Gasteiger partial charge in [0.05, 0.1) is 46.2 Å². The van der Waals surface area contributed by atoms with Gasteiger partial charge in [-0.2, -0.15) is 0 Å². The van der Waals surface area contributed by atoms with Gasteiger partial charge in [-0.15, -0.1) is 0 Å². The highest BCUT2D eigenvalue weighted by Gasteiger charge is 2.68. The Balaban J connectivity index is 1.29. The third-order valence-electron chi connectivity index (χ3n) is 15.4. The minimum atomic E-state index is -2.94. The molecule has 77 heavy (non-hydrogen) atoms. The van der Waals surface area contributed by atoms with Gasteiger partial charge < -0.3 is 174 Å². The molecule has 0 radical (unpaired) electrons. The van der Waals surface area contributed by atoms with Crippen molar-refractivity contribution in [3.63, 3.8) is 0 Å². The summed E-state index contributed by atoms with van der Waals surface area (Å²) in [5.41, 5.74) is 0. The SMILES string of the molecule is OC[C@H]1O[C@]2(CO[C@]3(CO[C@]4(CO[C@]5(CO[C@]6(CO[C@]7(CO[C@]8(CO2)O[C@H](CO)[C@@H](O)[C@@H]8O)O[C@H](CO)[C@@H](O)[C@@H]7O)O[C@H](CO)[C@@H](O)[C@@H]6O)O[C@H](CO)[C@@H](O)[C@@H]5O)O[C@H](CO)[C@@H](O)[C@@H]4O)O[C@H](CO)[C@@H](O)[C@@H]3O)[C@@H](O)[C@@H]1O. The molecular formula is C42H70O35. The zero-order chi connectivity index (χ0) is 56.4. The predicted octanol–water partition coefficient (Wildman–Crippen LogP) is -15.2. The van der Waals surface area contributed by atoms with Crippen molar-refractivity contribution in [2.75, 3.05) is 92.5 Å². The van der Waals surface area contributed by atoms with Crippen molar-refractivity contribution in [2.24, 2.45) is 0 Å². The number of hydrogen-bond donors (Lipinski definition) is 21. The topological polar surface area (TPSA) is 554 Å². The normalized spacial score (nSPS) is 55.4. The molecule has 0 aromatic carbocycles. The Labute approximate surface area is 434 Å². The third kappa shape index (κ3) is 10.4. The second-order valence-electron chi connectivity index (χ2n) is 20.1. The smallest absolute Gasteiger partial charge is 0.222 e. The van der Waals surface area contributed by atoms with Crippen LogP contribution in [0.4, 0.5) is 0 Å². The van der Waals surface area contributed by atoms with E-state index in [9.17, 15) is 107 Å². The Morgan fingerprint density at radius 3 is 0.390 bits per heavy atom. The van der Waals surface area contributed by atoms with Crippen LogP contribution in [0.15, 0.2) is 0 Å². The van der Waals surface area contributed by atoms with Gasteiger partial charge in [0.15, 0.2) is 0 Å². The Morgan fingerprint density at radius 2 is 0.312 bits per heavy atom. The number of rotatable bonds is 7. The van der Waals surface area contributed by atoms with Crippen molar-refractivity contribution >= 4 is 0 Å². The second-order valence-corrected chi connectivity index (χ2v) is 20.1. The Kier molecular flexibility index (Phi) is 18.7. The first-order valence-corrected chi connectivity index (χ1v) is 24.4. The van der Waals surface area contributed by atoms with Crippen LogP contribution in [0.25, 0.3) is 0 Å². The van der Waals surface area contributed by atoms with Crippen LogP contribution in [0.1, 0.15) is 0 Å². The van der Waals surface area contributed by atoms with E-state index in [0.717, 1.165) is 0 Å². The highest BCUT2D eigenvalue weighted by molar-refractivity contribution is 5.07. The van der Waals surface area contributed by atoms with Gasteiger partial charge in [-0.1, -0.05) is 0 Å². The molecule has 35 heteroatoms. The van der Waals surface area contributed by atoms with Gasteiger partial charge in [0, 0.05) is 0 Å². The number of aliphatic hydroxyl groups is 21. The summed E-state index contributed by atoms with van der Waals surface area (Å²) in [5, 5.41) is 231. The molecule has 8 fully saturated rings. The summed E-state index contributed by atoms with van der Waals surface area (Å²) < 4.78 is 83.0. The van der Waals surface area contributed by atoms with E-state index in [1.54, 1.807) is 0 Å². The Morgan fingerprint density at radius 1 is 0.208 bits per heavy atom. The molecule has 0 bridgehead atoms. The molecule has 0 saturated carbocycles. The predicted molar refractivity (Wildman–Crippen MR) is 229 cm³/mol. The summed E-state index contributed by atoms with van der Waals surface area (Å²) in [6.07, 6.45) is -44.0. The lowest BCUT2D eigenvalue weighted by molar-refractivity contribution is -0.387. The molecule has 28 atom stereocenters. The summed E-state index contributed by atoms with van der Waals surface area (Å²) in [6.45, 7) is -17.1. The molecule has 0 aromatic rings. The number of ether oxygens (including phenoxy) is 14. The molecule has 7 spiro atoms. The first-order valence-electron chi connectivity index (χ1n) is 24.4. The zero-order valence-corrected chi connectivity index (χ0v) is 40.6. The zero-order valence-electron chi connectivity index (χ0n) is 40.6. The van der Waals surface area contributed by atoms with Gasteiger partial charge in [-0.05, 0) is 0 Å². The average Bonchev–Trinajstić information content (AvgIpc) is 4.21. The van der Waals surface area contributed by atoms with Gasteiger partial charge in [0.25, 0.3) is 0 Å². The van der Waals surface area contributed by atoms with E-state index in [2.05, 4.69) is 0 Å². The van der Waals surface area contributed by atoms with Crippen LogP contribution in [0.3, 0.4) is 0 Å². The largest absolute Gasteiger partial charge is 0.394 e. The standard InChI is InChI=1S/C42H70O35/c43-1-15-22(50)29(57)36(71-15)8-65-38(31(59)24(52)17(3-45)73-38)10-67-40(33(61)26(54)19(5-47)75-40)12-69-42(35(63)28(56)21(7-49)77-42)14-70-41(34(62)27(55)20(6-48)76-41)13-68-39(32(60)25(53)18(4-46)74-39)11-66-37(9-64-36)30(58)23(51)16(2-44)72-37/h15-35,43-63H,1-14H2/t15-,16-,17-,18-,19-,20-,21-,22-,23-,24-,25-,26-,27-,28-,29+,30+,31+,32+,33+,34+,35+,36-,37-,38-,39-,40-,41-,42-/m1/s1. The summed E-state index contributed by atoms with van der Waals surface area (Å²) in [7, 11) is 0. The molecule has 21 N–H and O–H groups in total. The molecule has 0 amide bonds. The van der Waals surface area contributed by atoms with Crippen molar-refractivity contribution in [3.05, 3.63) is 0 Å².